The van der Waals surface area contributed by atoms with Crippen LogP contribution < -0.4 is 16.0 Å². The lowest BCUT2D eigenvalue weighted by molar-refractivity contribution is -0.129. The molecule has 1 aromatic carbocycles. The Morgan fingerprint density at radius 2 is 1.78 bits per heavy atom. The van der Waals surface area contributed by atoms with Crippen molar-refractivity contribution in [2.45, 2.75) is 83.7 Å². The van der Waals surface area contributed by atoms with Gasteiger partial charge in [-0.2, -0.15) is 0 Å². The van der Waals surface area contributed by atoms with Crippen LogP contribution in [0.25, 0.3) is 10.2 Å². The third-order valence-electron chi connectivity index (χ3n) is 9.12. The number of carbonyl (C=O) groups is 3. The molecule has 2 fully saturated rings. The van der Waals surface area contributed by atoms with Crippen LogP contribution in [0.1, 0.15) is 75.8 Å². The molecule has 248 valence electrons. The number of rotatable bonds is 15. The molecule has 1 saturated heterocycles. The van der Waals surface area contributed by atoms with Gasteiger partial charge in [-0.1, -0.05) is 52.7 Å². The van der Waals surface area contributed by atoms with Gasteiger partial charge >= 0.3 is 0 Å². The molecule has 1 aliphatic carbocycles. The number of aromatic nitrogens is 1. The van der Waals surface area contributed by atoms with E-state index in [9.17, 15) is 19.5 Å². The Labute approximate surface area is 272 Å². The zero-order valence-electron chi connectivity index (χ0n) is 27.3. The number of hydrogen-bond donors (Lipinski definition) is 4. The Balaban J connectivity index is 1.40. The van der Waals surface area contributed by atoms with Crippen molar-refractivity contribution in [2.75, 3.05) is 52.4 Å². The minimum Gasteiger partial charge on any atom is -0.395 e. The number of hydrogen-bond acceptors (Lipinski definition) is 8. The lowest BCUT2D eigenvalue weighted by Gasteiger charge is -2.34. The lowest BCUT2D eigenvalue weighted by Crippen LogP contribution is -2.55. The van der Waals surface area contributed by atoms with Crippen LogP contribution in [-0.4, -0.2) is 102 Å². The fourth-order valence-electron chi connectivity index (χ4n) is 6.25. The molecule has 0 bridgehead atoms. The predicted molar refractivity (Wildman–Crippen MR) is 180 cm³/mol. The summed E-state index contributed by atoms with van der Waals surface area (Å²) in [4.78, 5) is 48.6. The molecular formula is C34H52N6O4S. The summed E-state index contributed by atoms with van der Waals surface area (Å²) in [6.07, 6.45) is 5.93. The second kappa shape index (κ2) is 17.2. The van der Waals surface area contributed by atoms with Crippen LogP contribution in [0, 0.1) is 5.92 Å². The molecule has 2 aromatic rings. The number of piperazine rings is 1. The third-order valence-corrected chi connectivity index (χ3v) is 10.2. The molecule has 11 heteroatoms. The number of nitrogens with zero attached hydrogens (tertiary/aromatic N) is 3. The quantitative estimate of drug-likeness (QED) is 0.220. The van der Waals surface area contributed by atoms with Crippen molar-refractivity contribution in [3.8, 4) is 0 Å². The normalized spacial score (nSPS) is 18.1. The van der Waals surface area contributed by atoms with Crippen LogP contribution in [0.2, 0.25) is 0 Å². The van der Waals surface area contributed by atoms with Crippen LogP contribution in [-0.2, 0) is 20.8 Å². The molecule has 45 heavy (non-hydrogen) atoms. The van der Waals surface area contributed by atoms with Gasteiger partial charge in [0.2, 0.25) is 17.7 Å². The Morgan fingerprint density at radius 1 is 1.07 bits per heavy atom. The van der Waals surface area contributed by atoms with E-state index in [0.717, 1.165) is 67.1 Å². The van der Waals surface area contributed by atoms with Crippen molar-refractivity contribution < 1.29 is 19.5 Å². The first-order valence-corrected chi connectivity index (χ1v) is 17.5. The molecule has 2 aliphatic rings. The van der Waals surface area contributed by atoms with E-state index in [2.05, 4.69) is 58.3 Å². The van der Waals surface area contributed by atoms with E-state index in [1.165, 1.54) is 12.0 Å². The van der Waals surface area contributed by atoms with E-state index in [0.29, 0.717) is 37.5 Å². The maximum absolute atomic E-state index is 13.8. The minimum absolute atomic E-state index is 0.153. The minimum atomic E-state index is -0.760. The van der Waals surface area contributed by atoms with Crippen LogP contribution in [0.3, 0.4) is 0 Å². The highest BCUT2D eigenvalue weighted by atomic mass is 32.1. The molecule has 10 nitrogen and oxygen atoms in total. The number of carbonyl (C=O) groups excluding carboxylic acids is 3. The largest absolute Gasteiger partial charge is 0.395 e. The molecule has 1 aliphatic heterocycles. The van der Waals surface area contributed by atoms with Gasteiger partial charge in [0.1, 0.15) is 6.04 Å². The van der Waals surface area contributed by atoms with Crippen molar-refractivity contribution in [3.63, 3.8) is 0 Å². The second-order valence-electron chi connectivity index (χ2n) is 12.8. The molecule has 0 radical (unpaired) electrons. The van der Waals surface area contributed by atoms with E-state index in [4.69, 9.17) is 4.98 Å². The first-order valence-electron chi connectivity index (χ1n) is 16.7. The summed E-state index contributed by atoms with van der Waals surface area (Å²) in [5.74, 6) is 0.0201. The highest BCUT2D eigenvalue weighted by molar-refractivity contribution is 7.18. The van der Waals surface area contributed by atoms with Gasteiger partial charge in [-0.15, -0.1) is 11.3 Å². The Kier molecular flexibility index (Phi) is 13.4. The van der Waals surface area contributed by atoms with Gasteiger partial charge in [0.05, 0.1) is 21.8 Å². The van der Waals surface area contributed by atoms with E-state index < -0.39 is 6.04 Å². The van der Waals surface area contributed by atoms with Crippen LogP contribution in [0.5, 0.6) is 0 Å². The van der Waals surface area contributed by atoms with E-state index in [-0.39, 0.29) is 42.7 Å². The van der Waals surface area contributed by atoms with Crippen LogP contribution in [0.15, 0.2) is 30.4 Å². The first-order chi connectivity index (χ1) is 21.7. The fraction of sp³-hybridized carbons (Fsp3) is 0.647. The van der Waals surface area contributed by atoms with Gasteiger partial charge in [-0.05, 0) is 42.4 Å². The summed E-state index contributed by atoms with van der Waals surface area (Å²) in [6, 6.07) is 5.27. The number of nitrogens with one attached hydrogen (secondary N) is 3. The fourth-order valence-corrected chi connectivity index (χ4v) is 7.31. The van der Waals surface area contributed by atoms with Gasteiger partial charge in [0.25, 0.3) is 0 Å². The van der Waals surface area contributed by atoms with E-state index in [1.54, 1.807) is 18.3 Å². The Hall–Kier alpha value is -2.86. The zero-order valence-corrected chi connectivity index (χ0v) is 28.1. The lowest BCUT2D eigenvalue weighted by atomic mass is 9.83. The average Bonchev–Trinajstić information content (AvgIpc) is 3.45. The average molecular weight is 641 g/mol. The molecule has 3 amide bonds. The van der Waals surface area contributed by atoms with Gasteiger partial charge < -0.3 is 21.1 Å². The molecule has 0 spiro atoms. The number of aliphatic hydroxyl groups excluding tert-OH is 1. The third kappa shape index (κ3) is 10.3. The van der Waals surface area contributed by atoms with E-state index >= 15 is 0 Å². The molecule has 4 N–H and O–H groups in total. The summed E-state index contributed by atoms with van der Waals surface area (Å²) < 4.78 is 1.08. The molecule has 1 saturated carbocycles. The first kappa shape index (κ1) is 35.0. The SMILES string of the molecule is C=C(CN1CCN(CCO)CC1)C(=O)NCC(NC(=O)C(Cc1nc2ccc(C(C)C)cc2s1)NC(=O)CC)C1CCCCC1. The Bertz CT molecular complexity index is 1300. The van der Waals surface area contributed by atoms with Gasteiger partial charge in [-0.25, -0.2) is 4.98 Å². The molecule has 4 rings (SSSR count). The maximum Gasteiger partial charge on any atom is 0.247 e. The van der Waals surface area contributed by atoms with Crippen molar-refractivity contribution in [1.82, 2.24) is 30.7 Å². The smallest absolute Gasteiger partial charge is 0.247 e. The summed E-state index contributed by atoms with van der Waals surface area (Å²) >= 11 is 1.56. The number of thiazole rings is 1. The number of benzene rings is 1. The second-order valence-corrected chi connectivity index (χ2v) is 14.0. The van der Waals surface area contributed by atoms with E-state index in [1.807, 2.05) is 6.07 Å². The van der Waals surface area contributed by atoms with Gasteiger partial charge in [-0.3, -0.25) is 24.2 Å². The molecule has 2 unspecified atom stereocenters. The topological polar surface area (TPSA) is 127 Å². The van der Waals surface area contributed by atoms with Crippen LogP contribution >= 0.6 is 11.3 Å². The maximum atomic E-state index is 13.8. The summed E-state index contributed by atoms with van der Waals surface area (Å²) in [6.45, 7) is 15.1. The zero-order chi connectivity index (χ0) is 32.3. The standard InChI is InChI=1S/C34H52N6O4S/c1-5-31(42)36-28(20-32-37-27-12-11-26(23(2)3)19-30(27)45-32)34(44)38-29(25-9-7-6-8-10-25)21-35-33(43)24(4)22-40-15-13-39(14-16-40)17-18-41/h11-12,19,23,25,28-29,41H,4-10,13-18,20-22H2,1-3H3,(H,35,43)(H,36,42)(H,38,44). The number of amides is 3. The molecule has 1 aromatic heterocycles. The highest BCUT2D eigenvalue weighted by Crippen LogP contribution is 2.28. The molecular weight excluding hydrogens is 588 g/mol. The highest BCUT2D eigenvalue weighted by Gasteiger charge is 2.30. The van der Waals surface area contributed by atoms with Gasteiger partial charge in [0, 0.05) is 70.3 Å². The molecule has 2 atom stereocenters. The monoisotopic (exact) mass is 640 g/mol. The summed E-state index contributed by atoms with van der Waals surface area (Å²) in [7, 11) is 0. The number of fused-ring (bicyclic) bond motifs is 1. The number of aliphatic hydroxyl groups is 1. The van der Waals surface area contributed by atoms with Crippen molar-refractivity contribution in [3.05, 3.63) is 40.9 Å². The Morgan fingerprint density at radius 3 is 2.44 bits per heavy atom. The van der Waals surface area contributed by atoms with Gasteiger partial charge in [0.15, 0.2) is 0 Å². The summed E-state index contributed by atoms with van der Waals surface area (Å²) in [5.41, 5.74) is 2.64. The van der Waals surface area contributed by atoms with Crippen LogP contribution in [0.4, 0.5) is 0 Å². The van der Waals surface area contributed by atoms with Crippen molar-refractivity contribution >= 4 is 39.3 Å². The molecule has 2 heterocycles. The van der Waals surface area contributed by atoms with Crippen molar-refractivity contribution in [1.29, 1.82) is 0 Å². The van der Waals surface area contributed by atoms with Crippen molar-refractivity contribution in [2.24, 2.45) is 5.92 Å². The number of β-amino-alcohol motifs (C(OH)–C–C–N with tert-alkyl or cyclic N) is 1. The predicted octanol–water partition coefficient (Wildman–Crippen LogP) is 3.20. The summed E-state index contributed by atoms with van der Waals surface area (Å²) in [5, 5.41) is 19.2.